The maximum Gasteiger partial charge on any atom is 0.268 e. The van der Waals surface area contributed by atoms with Crippen molar-refractivity contribution < 1.29 is 29.8 Å². The Morgan fingerprint density at radius 2 is 1.64 bits per heavy atom. The Morgan fingerprint density at radius 3 is 2.28 bits per heavy atom. The standard InChI is InChI=1S/C28H35N5O6/c1-20(35)26(28(38)31-39)30-27(37)24-9-7-21(8-10-24)5-6-22-3-2-4-23(17-22)18-29-25(36)19-33-13-11-32(12-14-33)15-16-34/h2-4,7-10,17,20,26,34-35,39H,11-16,18-19H2,1H3,(H,29,36)(H,30,37)(H,31,38)/t20-,26+/m1/s1. The second-order valence-electron chi connectivity index (χ2n) is 9.31. The van der Waals surface area contributed by atoms with Gasteiger partial charge in [-0.25, -0.2) is 5.48 Å². The topological polar surface area (TPSA) is 154 Å². The van der Waals surface area contributed by atoms with Crippen LogP contribution in [0.2, 0.25) is 0 Å². The number of hydrogen-bond acceptors (Lipinski definition) is 8. The van der Waals surface area contributed by atoms with Crippen LogP contribution >= 0.6 is 0 Å². The van der Waals surface area contributed by atoms with Gasteiger partial charge >= 0.3 is 0 Å². The van der Waals surface area contributed by atoms with E-state index in [1.165, 1.54) is 12.4 Å². The second-order valence-corrected chi connectivity index (χ2v) is 9.31. The summed E-state index contributed by atoms with van der Waals surface area (Å²) in [4.78, 5) is 40.7. The van der Waals surface area contributed by atoms with E-state index in [4.69, 9.17) is 10.3 Å². The molecule has 2 atom stereocenters. The number of hydrogen-bond donors (Lipinski definition) is 6. The predicted molar refractivity (Wildman–Crippen MR) is 144 cm³/mol. The SMILES string of the molecule is C[C@@H](O)[C@H](NC(=O)c1ccc(C#Cc2cccc(CNC(=O)CN3CCN(CCO)CC3)c2)cc1)C(=O)NO. The van der Waals surface area contributed by atoms with Gasteiger partial charge in [0.05, 0.1) is 19.3 Å². The highest BCUT2D eigenvalue weighted by molar-refractivity contribution is 5.97. The van der Waals surface area contributed by atoms with Crippen LogP contribution in [0.25, 0.3) is 0 Å². The summed E-state index contributed by atoms with van der Waals surface area (Å²) in [5.74, 6) is 4.58. The fourth-order valence-corrected chi connectivity index (χ4v) is 4.08. The first-order valence-corrected chi connectivity index (χ1v) is 12.7. The Balaban J connectivity index is 1.51. The largest absolute Gasteiger partial charge is 0.395 e. The molecule has 2 aromatic carbocycles. The number of aliphatic hydroxyl groups excluding tert-OH is 2. The van der Waals surface area contributed by atoms with Gasteiger partial charge in [-0.2, -0.15) is 0 Å². The zero-order valence-corrected chi connectivity index (χ0v) is 21.9. The Labute approximate surface area is 227 Å². The summed E-state index contributed by atoms with van der Waals surface area (Å²) in [7, 11) is 0. The Hall–Kier alpha value is -3.79. The van der Waals surface area contributed by atoms with Gasteiger partial charge in [0.15, 0.2) is 0 Å². The van der Waals surface area contributed by atoms with Crippen LogP contribution in [0.4, 0.5) is 0 Å². The number of nitrogens with one attached hydrogen (secondary N) is 3. The minimum absolute atomic E-state index is 0.0389. The lowest BCUT2D eigenvalue weighted by molar-refractivity contribution is -0.133. The first-order valence-electron chi connectivity index (χ1n) is 12.7. The molecule has 39 heavy (non-hydrogen) atoms. The maximum absolute atomic E-state index is 12.4. The van der Waals surface area contributed by atoms with Crippen molar-refractivity contribution in [1.29, 1.82) is 0 Å². The Bertz CT molecular complexity index is 1180. The monoisotopic (exact) mass is 537 g/mol. The molecule has 2 aromatic rings. The molecule has 1 saturated heterocycles. The van der Waals surface area contributed by atoms with Crippen LogP contribution in [0.3, 0.4) is 0 Å². The molecule has 1 aliphatic heterocycles. The van der Waals surface area contributed by atoms with Gasteiger partial charge in [-0.15, -0.1) is 0 Å². The number of carbonyl (C=O) groups excluding carboxylic acids is 3. The molecule has 0 aromatic heterocycles. The van der Waals surface area contributed by atoms with E-state index < -0.39 is 24.0 Å². The molecule has 3 rings (SSSR count). The van der Waals surface area contributed by atoms with Crippen molar-refractivity contribution >= 4 is 17.7 Å². The van der Waals surface area contributed by atoms with Gasteiger partial charge < -0.3 is 20.8 Å². The molecule has 1 heterocycles. The van der Waals surface area contributed by atoms with Gasteiger partial charge in [-0.05, 0) is 48.9 Å². The van der Waals surface area contributed by atoms with E-state index in [-0.39, 0.29) is 18.1 Å². The summed E-state index contributed by atoms with van der Waals surface area (Å²) in [5.41, 5.74) is 4.06. The molecular weight excluding hydrogens is 502 g/mol. The highest BCUT2D eigenvalue weighted by Crippen LogP contribution is 2.08. The lowest BCUT2D eigenvalue weighted by atomic mass is 10.1. The number of nitrogens with zero attached hydrogens (tertiary/aromatic N) is 2. The van der Waals surface area contributed by atoms with Crippen LogP contribution in [-0.2, 0) is 16.1 Å². The third kappa shape index (κ3) is 9.47. The molecule has 0 unspecified atom stereocenters. The highest BCUT2D eigenvalue weighted by Gasteiger charge is 2.25. The van der Waals surface area contributed by atoms with Crippen molar-refractivity contribution in [2.24, 2.45) is 0 Å². The van der Waals surface area contributed by atoms with Crippen molar-refractivity contribution in [2.45, 2.75) is 25.6 Å². The number of hydroxylamine groups is 1. The fourth-order valence-electron chi connectivity index (χ4n) is 4.08. The molecule has 6 N–H and O–H groups in total. The van der Waals surface area contributed by atoms with E-state index in [1.807, 2.05) is 24.3 Å². The zero-order chi connectivity index (χ0) is 28.2. The van der Waals surface area contributed by atoms with Crippen LogP contribution in [0.1, 0.15) is 34.0 Å². The summed E-state index contributed by atoms with van der Waals surface area (Å²) in [5, 5.41) is 32.8. The third-order valence-electron chi connectivity index (χ3n) is 6.32. The average molecular weight is 538 g/mol. The van der Waals surface area contributed by atoms with Crippen LogP contribution in [-0.4, -0.2) is 101 Å². The molecule has 1 aliphatic rings. The zero-order valence-electron chi connectivity index (χ0n) is 21.9. The van der Waals surface area contributed by atoms with Gasteiger partial charge in [-0.3, -0.25) is 29.4 Å². The van der Waals surface area contributed by atoms with Crippen LogP contribution in [0, 0.1) is 11.8 Å². The molecule has 1 fully saturated rings. The lowest BCUT2D eigenvalue weighted by Crippen LogP contribution is -2.51. The number of carbonyl (C=O) groups is 3. The van der Waals surface area contributed by atoms with Gasteiger partial charge in [0.1, 0.15) is 6.04 Å². The van der Waals surface area contributed by atoms with Crippen molar-refractivity contribution in [3.63, 3.8) is 0 Å². The third-order valence-corrected chi connectivity index (χ3v) is 6.32. The maximum atomic E-state index is 12.4. The van der Waals surface area contributed by atoms with Crippen molar-refractivity contribution in [3.05, 3.63) is 70.8 Å². The number of benzene rings is 2. The number of rotatable bonds is 10. The van der Waals surface area contributed by atoms with Gasteiger partial charge in [0, 0.05) is 56.0 Å². The van der Waals surface area contributed by atoms with E-state index in [0.29, 0.717) is 25.2 Å². The smallest absolute Gasteiger partial charge is 0.268 e. The number of β-amino-alcohol motifs (C(OH)–C–C–N with tert-alkyl or cyclic N) is 1. The summed E-state index contributed by atoms with van der Waals surface area (Å²) < 4.78 is 0. The first kappa shape index (κ1) is 29.8. The highest BCUT2D eigenvalue weighted by atomic mass is 16.5. The van der Waals surface area contributed by atoms with Crippen molar-refractivity contribution in [2.75, 3.05) is 45.9 Å². The van der Waals surface area contributed by atoms with E-state index in [2.05, 4.69) is 32.3 Å². The lowest BCUT2D eigenvalue weighted by Gasteiger charge is -2.33. The molecule has 0 saturated carbocycles. The van der Waals surface area contributed by atoms with E-state index >= 15 is 0 Å². The molecule has 11 heteroatoms. The molecule has 0 bridgehead atoms. The summed E-state index contributed by atoms with van der Waals surface area (Å²) >= 11 is 0. The Morgan fingerprint density at radius 1 is 0.974 bits per heavy atom. The van der Waals surface area contributed by atoms with E-state index in [9.17, 15) is 19.5 Å². The number of amides is 3. The second kappa shape index (κ2) is 15.0. The molecule has 0 spiro atoms. The van der Waals surface area contributed by atoms with Gasteiger partial charge in [-0.1, -0.05) is 24.0 Å². The summed E-state index contributed by atoms with van der Waals surface area (Å²) in [6.45, 7) is 6.16. The molecule has 208 valence electrons. The van der Waals surface area contributed by atoms with E-state index in [0.717, 1.165) is 37.3 Å². The summed E-state index contributed by atoms with van der Waals surface area (Å²) in [6, 6.07) is 12.7. The van der Waals surface area contributed by atoms with Crippen LogP contribution in [0.15, 0.2) is 48.5 Å². The minimum atomic E-state index is -1.30. The van der Waals surface area contributed by atoms with Gasteiger partial charge in [0.25, 0.3) is 11.8 Å². The Kier molecular flexibility index (Phi) is 11.4. The quantitative estimate of drug-likeness (QED) is 0.132. The predicted octanol–water partition coefficient (Wildman–Crippen LogP) is -0.703. The van der Waals surface area contributed by atoms with E-state index in [1.54, 1.807) is 24.3 Å². The van der Waals surface area contributed by atoms with Crippen LogP contribution in [0.5, 0.6) is 0 Å². The van der Waals surface area contributed by atoms with Crippen molar-refractivity contribution in [1.82, 2.24) is 25.9 Å². The number of piperazine rings is 1. The molecule has 0 aliphatic carbocycles. The molecule has 11 nitrogen and oxygen atoms in total. The summed E-state index contributed by atoms with van der Waals surface area (Å²) in [6.07, 6.45) is -1.20. The molecular formula is C28H35N5O6. The first-order chi connectivity index (χ1) is 18.8. The normalized spacial score (nSPS) is 15.4. The molecule has 3 amide bonds. The van der Waals surface area contributed by atoms with Gasteiger partial charge in [0.2, 0.25) is 5.91 Å². The molecule has 0 radical (unpaired) electrons. The minimum Gasteiger partial charge on any atom is -0.395 e. The van der Waals surface area contributed by atoms with Crippen molar-refractivity contribution in [3.8, 4) is 11.8 Å². The average Bonchev–Trinajstić information content (AvgIpc) is 2.94. The van der Waals surface area contributed by atoms with Crippen LogP contribution < -0.4 is 16.1 Å². The fraction of sp³-hybridized carbons (Fsp3) is 0.393. The number of aliphatic hydroxyl groups is 2.